The van der Waals surface area contributed by atoms with Gasteiger partial charge in [-0.2, -0.15) is 0 Å². The van der Waals surface area contributed by atoms with Crippen LogP contribution in [0.3, 0.4) is 0 Å². The van der Waals surface area contributed by atoms with Crippen LogP contribution >= 0.6 is 11.6 Å². The third-order valence-electron chi connectivity index (χ3n) is 2.74. The van der Waals surface area contributed by atoms with Crippen molar-refractivity contribution in [1.82, 2.24) is 0 Å². The van der Waals surface area contributed by atoms with Gasteiger partial charge in [-0.05, 0) is 18.6 Å². The highest BCUT2D eigenvalue weighted by atomic mass is 35.5. The molecule has 0 bridgehead atoms. The Morgan fingerprint density at radius 2 is 2.11 bits per heavy atom. The number of nitrogens with zero attached hydrogens (tertiary/aromatic N) is 1. The Bertz CT molecular complexity index is 540. The Hall–Kier alpha value is -1.07. The van der Waals surface area contributed by atoms with Crippen LogP contribution in [0, 0.1) is 0 Å². The van der Waals surface area contributed by atoms with Crippen molar-refractivity contribution in [3.05, 3.63) is 34.9 Å². The van der Waals surface area contributed by atoms with Crippen LogP contribution in [0.4, 0.5) is 0 Å². The molecule has 0 amide bonds. The van der Waals surface area contributed by atoms with Gasteiger partial charge in [-0.3, -0.25) is 0 Å². The van der Waals surface area contributed by atoms with Gasteiger partial charge in [0.1, 0.15) is 11.0 Å². The predicted octanol–water partition coefficient (Wildman–Crippen LogP) is 2.73. The fourth-order valence-electron chi connectivity index (χ4n) is 1.77. The van der Waals surface area contributed by atoms with Gasteiger partial charge in [-0.1, -0.05) is 42.7 Å². The van der Waals surface area contributed by atoms with Gasteiger partial charge < -0.3 is 5.21 Å². The highest BCUT2D eigenvalue weighted by molar-refractivity contribution is 7.92. The molecule has 0 saturated carbocycles. The minimum absolute atomic E-state index is 0.00505. The number of hydrogen-bond acceptors (Lipinski definition) is 4. The van der Waals surface area contributed by atoms with Crippen LogP contribution in [0.15, 0.2) is 29.4 Å². The molecule has 0 fully saturated rings. The summed E-state index contributed by atoms with van der Waals surface area (Å²) in [5.74, 6) is 0.00505. The molecule has 0 heterocycles. The number of benzene rings is 1. The fraction of sp³-hybridized carbons (Fsp3) is 0.417. The number of rotatable bonds is 5. The molecule has 0 radical (unpaired) electrons. The number of hydrogen-bond donors (Lipinski definition) is 1. The van der Waals surface area contributed by atoms with Crippen LogP contribution in [0.25, 0.3) is 0 Å². The van der Waals surface area contributed by atoms with Gasteiger partial charge in [0.25, 0.3) is 0 Å². The van der Waals surface area contributed by atoms with Crippen molar-refractivity contribution < 1.29 is 13.6 Å². The minimum Gasteiger partial charge on any atom is -0.411 e. The maximum absolute atomic E-state index is 12.0. The van der Waals surface area contributed by atoms with Crippen molar-refractivity contribution in [3.63, 3.8) is 0 Å². The summed E-state index contributed by atoms with van der Waals surface area (Å²) in [7, 11) is -3.32. The van der Waals surface area contributed by atoms with E-state index in [0.29, 0.717) is 17.0 Å². The molecule has 1 aromatic carbocycles. The second kappa shape index (κ2) is 6.20. The molecule has 0 spiro atoms. The Kier molecular flexibility index (Phi) is 5.16. The lowest BCUT2D eigenvalue weighted by Gasteiger charge is -2.16. The van der Waals surface area contributed by atoms with Crippen LogP contribution in [0.5, 0.6) is 0 Å². The number of oxime groups is 1. The second-order valence-corrected chi connectivity index (χ2v) is 6.75. The number of halogens is 1. The van der Waals surface area contributed by atoms with E-state index < -0.39 is 15.1 Å². The first-order chi connectivity index (χ1) is 8.46. The SMILES string of the molecule is CCC(C(=NO)c1cccc(Cl)c1)S(=O)(=O)CC. The van der Waals surface area contributed by atoms with Crippen molar-refractivity contribution >= 4 is 27.1 Å². The van der Waals surface area contributed by atoms with E-state index in [4.69, 9.17) is 16.8 Å². The first kappa shape index (κ1) is 15.0. The third kappa shape index (κ3) is 3.23. The van der Waals surface area contributed by atoms with E-state index in [1.54, 1.807) is 38.1 Å². The maximum Gasteiger partial charge on any atom is 0.158 e. The van der Waals surface area contributed by atoms with Gasteiger partial charge >= 0.3 is 0 Å². The van der Waals surface area contributed by atoms with Crippen LogP contribution in [-0.2, 0) is 9.84 Å². The van der Waals surface area contributed by atoms with E-state index >= 15 is 0 Å². The van der Waals surface area contributed by atoms with E-state index in [9.17, 15) is 8.42 Å². The highest BCUT2D eigenvalue weighted by Crippen LogP contribution is 2.18. The van der Waals surface area contributed by atoms with Gasteiger partial charge in [0, 0.05) is 16.3 Å². The Labute approximate surface area is 112 Å². The summed E-state index contributed by atoms with van der Waals surface area (Å²) < 4.78 is 23.9. The smallest absolute Gasteiger partial charge is 0.158 e. The molecular weight excluding hydrogens is 274 g/mol. The standard InChI is InChI=1S/C12H16ClNO3S/c1-3-11(18(16,17)4-2)12(14-15)9-6-5-7-10(13)8-9/h5-8,11,15H,3-4H2,1-2H3. The van der Waals surface area contributed by atoms with Crippen molar-refractivity contribution in [3.8, 4) is 0 Å². The van der Waals surface area contributed by atoms with Gasteiger partial charge in [0.05, 0.1) is 0 Å². The number of sulfone groups is 1. The molecule has 0 aliphatic carbocycles. The van der Waals surface area contributed by atoms with E-state index in [0.717, 1.165) is 0 Å². The van der Waals surface area contributed by atoms with Gasteiger partial charge in [-0.25, -0.2) is 8.42 Å². The summed E-state index contributed by atoms with van der Waals surface area (Å²) in [5, 5.41) is 11.9. The molecule has 1 aromatic rings. The predicted molar refractivity (Wildman–Crippen MR) is 73.3 cm³/mol. The zero-order chi connectivity index (χ0) is 13.8. The quantitative estimate of drug-likeness (QED) is 0.515. The van der Waals surface area contributed by atoms with Crippen molar-refractivity contribution in [2.45, 2.75) is 25.5 Å². The van der Waals surface area contributed by atoms with Gasteiger partial charge in [0.2, 0.25) is 0 Å². The molecule has 0 aromatic heterocycles. The van der Waals surface area contributed by atoms with E-state index in [-0.39, 0.29) is 11.5 Å². The fourth-order valence-corrected chi connectivity index (χ4v) is 3.40. The van der Waals surface area contributed by atoms with Crippen LogP contribution in [0.2, 0.25) is 5.02 Å². The molecule has 1 unspecified atom stereocenters. The van der Waals surface area contributed by atoms with Crippen LogP contribution in [-0.4, -0.2) is 30.3 Å². The van der Waals surface area contributed by atoms with Crippen molar-refractivity contribution in [2.75, 3.05) is 5.75 Å². The summed E-state index contributed by atoms with van der Waals surface area (Å²) in [5.41, 5.74) is 0.663. The average Bonchev–Trinajstić information content (AvgIpc) is 2.35. The minimum atomic E-state index is -3.32. The molecule has 1 rings (SSSR count). The first-order valence-corrected chi connectivity index (χ1v) is 7.75. The summed E-state index contributed by atoms with van der Waals surface area (Å²) >= 11 is 5.86. The molecular formula is C12H16ClNO3S. The zero-order valence-corrected chi connectivity index (χ0v) is 11.9. The lowest BCUT2D eigenvalue weighted by atomic mass is 10.1. The summed E-state index contributed by atoms with van der Waals surface area (Å²) in [4.78, 5) is 0. The first-order valence-electron chi connectivity index (χ1n) is 5.65. The molecule has 0 aliphatic heterocycles. The normalized spacial score (nSPS) is 14.5. The average molecular weight is 290 g/mol. The summed E-state index contributed by atoms with van der Waals surface area (Å²) in [6.45, 7) is 3.32. The lowest BCUT2D eigenvalue weighted by Crippen LogP contribution is -2.31. The molecule has 0 aliphatic rings. The van der Waals surface area contributed by atoms with Crippen molar-refractivity contribution in [1.29, 1.82) is 0 Å². The molecule has 6 heteroatoms. The van der Waals surface area contributed by atoms with Gasteiger partial charge in [-0.15, -0.1) is 0 Å². The topological polar surface area (TPSA) is 66.7 Å². The molecule has 0 saturated heterocycles. The Balaban J connectivity index is 3.26. The maximum atomic E-state index is 12.0. The van der Waals surface area contributed by atoms with Crippen LogP contribution in [0.1, 0.15) is 25.8 Å². The van der Waals surface area contributed by atoms with E-state index in [1.807, 2.05) is 0 Å². The Morgan fingerprint density at radius 3 is 2.56 bits per heavy atom. The van der Waals surface area contributed by atoms with Crippen molar-refractivity contribution in [2.24, 2.45) is 5.16 Å². The molecule has 100 valence electrons. The van der Waals surface area contributed by atoms with Crippen LogP contribution < -0.4 is 0 Å². The highest BCUT2D eigenvalue weighted by Gasteiger charge is 2.29. The molecule has 1 N–H and O–H groups in total. The largest absolute Gasteiger partial charge is 0.411 e. The van der Waals surface area contributed by atoms with Gasteiger partial charge in [0.15, 0.2) is 9.84 Å². The molecule has 1 atom stereocenters. The van der Waals surface area contributed by atoms with E-state index in [1.165, 1.54) is 0 Å². The second-order valence-electron chi connectivity index (χ2n) is 3.84. The summed E-state index contributed by atoms with van der Waals surface area (Å²) in [6.07, 6.45) is 0.349. The zero-order valence-electron chi connectivity index (χ0n) is 10.3. The molecule has 18 heavy (non-hydrogen) atoms. The summed E-state index contributed by atoms with van der Waals surface area (Å²) in [6, 6.07) is 6.63. The lowest BCUT2D eigenvalue weighted by molar-refractivity contribution is 0.318. The Morgan fingerprint density at radius 1 is 1.44 bits per heavy atom. The monoisotopic (exact) mass is 289 g/mol. The van der Waals surface area contributed by atoms with E-state index in [2.05, 4.69) is 5.16 Å². The molecule has 4 nitrogen and oxygen atoms in total. The third-order valence-corrected chi connectivity index (χ3v) is 5.20.